The summed E-state index contributed by atoms with van der Waals surface area (Å²) in [4.78, 5) is 24.9. The minimum Gasteiger partial charge on any atom is -0.446 e. The first-order chi connectivity index (χ1) is 23.3. The predicted octanol–water partition coefficient (Wildman–Crippen LogP) is 4.06. The lowest BCUT2D eigenvalue weighted by atomic mass is 9.47. The van der Waals surface area contributed by atoms with Crippen molar-refractivity contribution in [3.05, 3.63) is 11.6 Å². The van der Waals surface area contributed by atoms with Crippen molar-refractivity contribution in [1.29, 1.82) is 0 Å². The van der Waals surface area contributed by atoms with Crippen molar-refractivity contribution in [2.75, 3.05) is 26.3 Å². The van der Waals surface area contributed by atoms with Crippen LogP contribution in [0.4, 0.5) is 4.79 Å². The second kappa shape index (κ2) is 16.3. The van der Waals surface area contributed by atoms with Crippen molar-refractivity contribution < 1.29 is 44.2 Å². The molecule has 0 spiro atoms. The molecule has 0 aromatic carbocycles. The molecule has 4 aliphatic carbocycles. The number of fused-ring (bicyclic) bond motifs is 5. The fourth-order valence-corrected chi connectivity index (χ4v) is 10.7. The number of aliphatic hydroxyl groups excluding tert-OH is 4. The molecular weight excluding hydrogens is 628 g/mol. The second-order valence-corrected chi connectivity index (χ2v) is 16.8. The van der Waals surface area contributed by atoms with Crippen molar-refractivity contribution in [2.45, 2.75) is 142 Å². The summed E-state index contributed by atoms with van der Waals surface area (Å²) in [5.74, 6) is 4.22. The van der Waals surface area contributed by atoms with Crippen LogP contribution in [0.3, 0.4) is 0 Å². The van der Waals surface area contributed by atoms with Gasteiger partial charge >= 0.3 is 6.09 Å². The molecule has 5 rings (SSSR count). The Bertz CT molecular complexity index is 1160. The van der Waals surface area contributed by atoms with Gasteiger partial charge in [-0.05, 0) is 91.3 Å². The number of ether oxygens (including phenoxy) is 3. The second-order valence-electron chi connectivity index (χ2n) is 16.8. The van der Waals surface area contributed by atoms with Gasteiger partial charge < -0.3 is 45.3 Å². The highest BCUT2D eigenvalue weighted by Gasteiger charge is 2.59. The van der Waals surface area contributed by atoms with Gasteiger partial charge in [-0.25, -0.2) is 4.79 Å². The molecule has 13 atom stereocenters. The third-order valence-electron chi connectivity index (χ3n) is 13.5. The Hall–Kier alpha value is -1.76. The molecule has 1 aliphatic heterocycles. The van der Waals surface area contributed by atoms with Gasteiger partial charge in [0, 0.05) is 19.5 Å². The van der Waals surface area contributed by atoms with Crippen molar-refractivity contribution in [1.82, 2.24) is 10.6 Å². The van der Waals surface area contributed by atoms with Gasteiger partial charge in [0.25, 0.3) is 0 Å². The van der Waals surface area contributed by atoms with Crippen molar-refractivity contribution in [3.8, 4) is 0 Å². The minimum atomic E-state index is -1.58. The first kappa shape index (κ1) is 38.5. The van der Waals surface area contributed by atoms with Gasteiger partial charge in [-0.1, -0.05) is 65.5 Å². The lowest BCUT2D eigenvalue weighted by Gasteiger charge is -2.58. The van der Waals surface area contributed by atoms with E-state index in [1.54, 1.807) is 0 Å². The van der Waals surface area contributed by atoms with Crippen LogP contribution >= 0.6 is 0 Å². The summed E-state index contributed by atoms with van der Waals surface area (Å²) in [6.07, 6.45) is 8.03. The van der Waals surface area contributed by atoms with Crippen LogP contribution in [-0.4, -0.2) is 95.5 Å². The highest BCUT2D eigenvalue weighted by atomic mass is 16.7. The number of carbonyl (C=O) groups is 2. The molecule has 1 saturated heterocycles. The predicted molar refractivity (Wildman–Crippen MR) is 184 cm³/mol. The summed E-state index contributed by atoms with van der Waals surface area (Å²) < 4.78 is 16.3. The third-order valence-corrected chi connectivity index (χ3v) is 13.5. The number of alkyl carbamates (subject to hydrolysis) is 1. The van der Waals surface area contributed by atoms with Crippen molar-refractivity contribution in [3.63, 3.8) is 0 Å². The van der Waals surface area contributed by atoms with Crippen LogP contribution in [0.5, 0.6) is 0 Å². The molecular formula is C38H64N2O9. The molecule has 6 N–H and O–H groups in total. The quantitative estimate of drug-likeness (QED) is 0.123. The Morgan fingerprint density at radius 3 is 2.45 bits per heavy atom. The molecule has 5 aliphatic rings. The maximum Gasteiger partial charge on any atom is 0.407 e. The van der Waals surface area contributed by atoms with Crippen LogP contribution < -0.4 is 10.6 Å². The zero-order valence-electron chi connectivity index (χ0n) is 30.4. The third kappa shape index (κ3) is 8.33. The molecule has 0 radical (unpaired) electrons. The van der Waals surface area contributed by atoms with E-state index in [-0.39, 0.29) is 24.6 Å². The summed E-state index contributed by atoms with van der Waals surface area (Å²) >= 11 is 0. The van der Waals surface area contributed by atoms with Gasteiger partial charge in [0.2, 0.25) is 5.91 Å². The van der Waals surface area contributed by atoms with E-state index in [4.69, 9.17) is 14.2 Å². The maximum atomic E-state index is 12.7. The molecule has 11 nitrogen and oxygen atoms in total. The SMILES string of the molecule is CC(C)CCC[C@@H](C)[C@H]1CC[C@H]2C3CC=C4C[C@@H](OC(=O)NCCNC(=O)CO[C@H]5O[C@H](CO)[C@@H](O)[C@H](O)[C@@H]5O)CC[C@]4(C)[C@H]3CC[C@]12C. The highest BCUT2D eigenvalue weighted by molar-refractivity contribution is 5.77. The monoisotopic (exact) mass is 692 g/mol. The van der Waals surface area contributed by atoms with E-state index in [2.05, 4.69) is 51.3 Å². The number of allylic oxidation sites excluding steroid dienone is 1. The maximum absolute atomic E-state index is 12.7. The Kier molecular flexibility index (Phi) is 12.8. The average Bonchev–Trinajstić information content (AvgIpc) is 3.42. The zero-order chi connectivity index (χ0) is 35.5. The number of hydrogen-bond donors (Lipinski definition) is 6. The molecule has 2 amide bonds. The van der Waals surface area contributed by atoms with Crippen LogP contribution in [0.1, 0.15) is 105 Å². The number of amides is 2. The molecule has 0 aromatic rings. The molecule has 1 heterocycles. The fourth-order valence-electron chi connectivity index (χ4n) is 10.7. The van der Waals surface area contributed by atoms with Gasteiger partial charge in [0.05, 0.1) is 6.61 Å². The van der Waals surface area contributed by atoms with Crippen LogP contribution in [0, 0.1) is 46.3 Å². The summed E-state index contributed by atoms with van der Waals surface area (Å²) in [5.41, 5.74) is 2.13. The number of nitrogens with one attached hydrogen (secondary N) is 2. The Labute approximate surface area is 292 Å². The number of rotatable bonds is 13. The summed E-state index contributed by atoms with van der Waals surface area (Å²) in [6, 6.07) is 0. The normalized spacial score (nSPS) is 40.8. The molecule has 3 saturated carbocycles. The van der Waals surface area contributed by atoms with E-state index in [0.29, 0.717) is 11.3 Å². The van der Waals surface area contributed by atoms with Crippen LogP contribution in [0.25, 0.3) is 0 Å². The smallest absolute Gasteiger partial charge is 0.407 e. The van der Waals surface area contributed by atoms with Crippen molar-refractivity contribution in [2.24, 2.45) is 46.3 Å². The lowest BCUT2D eigenvalue weighted by Crippen LogP contribution is -2.59. The number of aliphatic hydroxyl groups is 4. The number of hydrogen-bond acceptors (Lipinski definition) is 9. The average molecular weight is 693 g/mol. The Morgan fingerprint density at radius 2 is 1.71 bits per heavy atom. The molecule has 1 unspecified atom stereocenters. The molecule has 4 fully saturated rings. The van der Waals surface area contributed by atoms with E-state index >= 15 is 0 Å². The summed E-state index contributed by atoms with van der Waals surface area (Å²) in [5, 5.41) is 44.4. The Morgan fingerprint density at radius 1 is 0.959 bits per heavy atom. The molecule has 280 valence electrons. The first-order valence-corrected chi connectivity index (χ1v) is 19.1. The fraction of sp³-hybridized carbons (Fsp3) is 0.895. The van der Waals surface area contributed by atoms with Gasteiger partial charge in [-0.15, -0.1) is 0 Å². The Balaban J connectivity index is 1.03. The van der Waals surface area contributed by atoms with Gasteiger partial charge in [0.15, 0.2) is 6.29 Å². The van der Waals surface area contributed by atoms with Crippen LogP contribution in [0.15, 0.2) is 11.6 Å². The van der Waals surface area contributed by atoms with Gasteiger partial charge in [0.1, 0.15) is 37.1 Å². The standard InChI is InChI=1S/C38H64N2O9/c1-22(2)7-6-8-23(3)27-11-12-28-26-10-9-24-19-25(13-15-37(24,4)29(26)14-16-38(27,28)5)48-36(46)40-18-17-39-31(42)21-47-35-34(45)33(44)32(43)30(20-41)49-35/h9,22-23,25-30,32-35,41,43-45H,6-8,10-21H2,1-5H3,(H,39,42)(H,40,46)/t23-,25+,26?,27-,28+,29+,30-,32-,33+,34+,35+,37+,38-/m1/s1. The largest absolute Gasteiger partial charge is 0.446 e. The van der Waals surface area contributed by atoms with E-state index in [9.17, 15) is 30.0 Å². The van der Waals surface area contributed by atoms with E-state index in [0.717, 1.165) is 55.3 Å². The van der Waals surface area contributed by atoms with Crippen LogP contribution in [0.2, 0.25) is 0 Å². The van der Waals surface area contributed by atoms with Crippen molar-refractivity contribution >= 4 is 12.0 Å². The van der Waals surface area contributed by atoms with Crippen LogP contribution in [-0.2, 0) is 19.0 Å². The van der Waals surface area contributed by atoms with E-state index in [1.165, 1.54) is 50.5 Å². The summed E-state index contributed by atoms with van der Waals surface area (Å²) in [7, 11) is 0. The lowest BCUT2D eigenvalue weighted by molar-refractivity contribution is -0.299. The van der Waals surface area contributed by atoms with E-state index in [1.807, 2.05) is 0 Å². The molecule has 0 aromatic heterocycles. The molecule has 0 bridgehead atoms. The zero-order valence-corrected chi connectivity index (χ0v) is 30.4. The highest BCUT2D eigenvalue weighted by Crippen LogP contribution is 2.67. The molecule has 11 heteroatoms. The number of carbonyl (C=O) groups excluding carboxylic acids is 2. The minimum absolute atomic E-state index is 0.139. The van der Waals surface area contributed by atoms with Gasteiger partial charge in [-0.3, -0.25) is 4.79 Å². The molecule has 49 heavy (non-hydrogen) atoms. The summed E-state index contributed by atoms with van der Waals surface area (Å²) in [6.45, 7) is 11.6. The van der Waals surface area contributed by atoms with Gasteiger partial charge in [-0.2, -0.15) is 0 Å². The van der Waals surface area contributed by atoms with E-state index < -0.39 is 55.9 Å². The first-order valence-electron chi connectivity index (χ1n) is 19.1. The topological polar surface area (TPSA) is 167 Å².